The number of fused-ring (bicyclic) bond motifs is 1. The minimum absolute atomic E-state index is 0.128. The number of nitrogens with one attached hydrogen (secondary N) is 2. The Morgan fingerprint density at radius 3 is 2.44 bits per heavy atom. The summed E-state index contributed by atoms with van der Waals surface area (Å²) in [6, 6.07) is 13.9. The molecule has 0 aliphatic rings. The number of rotatable bonds is 10. The van der Waals surface area contributed by atoms with E-state index in [2.05, 4.69) is 28.9 Å². The number of carbonyl (C=O) groups excluding carboxylic acids is 1. The highest BCUT2D eigenvalue weighted by atomic mass is 32.2. The normalized spacial score (nSPS) is 11.7. The third-order valence-electron chi connectivity index (χ3n) is 5.28. The highest BCUT2D eigenvalue weighted by Crippen LogP contribution is 2.26. The fourth-order valence-corrected chi connectivity index (χ4v) is 4.43. The molecule has 0 bridgehead atoms. The van der Waals surface area contributed by atoms with E-state index in [0.29, 0.717) is 37.4 Å². The van der Waals surface area contributed by atoms with E-state index < -0.39 is 10.0 Å². The van der Waals surface area contributed by atoms with Crippen LogP contribution in [0.3, 0.4) is 0 Å². The Bertz CT molecular complexity index is 1180. The van der Waals surface area contributed by atoms with Gasteiger partial charge in [0.05, 0.1) is 10.5 Å². The van der Waals surface area contributed by atoms with Gasteiger partial charge in [0.2, 0.25) is 10.0 Å². The zero-order valence-corrected chi connectivity index (χ0v) is 19.2. The first kappa shape index (κ1) is 23.7. The van der Waals surface area contributed by atoms with Crippen LogP contribution in [-0.4, -0.2) is 37.5 Å². The summed E-state index contributed by atoms with van der Waals surface area (Å²) in [5.41, 5.74) is 1.68. The number of unbranched alkanes of at least 4 members (excludes halogenated alkanes) is 2. The summed E-state index contributed by atoms with van der Waals surface area (Å²) in [4.78, 5) is 16.7. The van der Waals surface area contributed by atoms with Gasteiger partial charge in [0.1, 0.15) is 5.52 Å². The van der Waals surface area contributed by atoms with Crippen LogP contribution in [0.2, 0.25) is 0 Å². The third kappa shape index (κ3) is 5.83. The van der Waals surface area contributed by atoms with Crippen molar-refractivity contribution in [2.75, 3.05) is 13.1 Å². The molecule has 3 aromatic rings. The van der Waals surface area contributed by atoms with Gasteiger partial charge in [-0.05, 0) is 48.6 Å². The van der Waals surface area contributed by atoms with Gasteiger partial charge in [-0.2, -0.15) is 0 Å². The van der Waals surface area contributed by atoms with Crippen molar-refractivity contribution in [3.8, 4) is 5.75 Å². The Hall–Kier alpha value is -2.97. The van der Waals surface area contributed by atoms with Gasteiger partial charge in [0, 0.05) is 24.7 Å². The molecule has 32 heavy (non-hydrogen) atoms. The highest BCUT2D eigenvalue weighted by molar-refractivity contribution is 7.89. The second-order valence-corrected chi connectivity index (χ2v) is 9.74. The summed E-state index contributed by atoms with van der Waals surface area (Å²) >= 11 is 0. The maximum atomic E-state index is 12.4. The van der Waals surface area contributed by atoms with E-state index >= 15 is 0 Å². The molecular formula is C24H29N3O4S. The SMILES string of the molecule is CC(C)c1ccc(S(=O)(=O)NCCCCCNC(=O)c2ccc3cccnc3c2O)cc1. The first-order valence-electron chi connectivity index (χ1n) is 10.7. The number of benzene rings is 2. The number of sulfonamides is 1. The van der Waals surface area contributed by atoms with Gasteiger partial charge in [-0.3, -0.25) is 9.78 Å². The quantitative estimate of drug-likeness (QED) is 0.401. The van der Waals surface area contributed by atoms with Crippen molar-refractivity contribution in [1.82, 2.24) is 15.0 Å². The Morgan fingerprint density at radius 2 is 1.72 bits per heavy atom. The number of aromatic nitrogens is 1. The minimum atomic E-state index is -3.52. The van der Waals surface area contributed by atoms with Gasteiger partial charge < -0.3 is 10.4 Å². The molecule has 2 aromatic carbocycles. The molecule has 170 valence electrons. The van der Waals surface area contributed by atoms with Crippen LogP contribution in [0.25, 0.3) is 10.9 Å². The highest BCUT2D eigenvalue weighted by Gasteiger charge is 2.15. The van der Waals surface area contributed by atoms with Gasteiger partial charge >= 0.3 is 0 Å². The van der Waals surface area contributed by atoms with E-state index in [1.54, 1.807) is 36.5 Å². The average molecular weight is 456 g/mol. The first-order chi connectivity index (χ1) is 15.3. The fraction of sp³-hybridized carbons (Fsp3) is 0.333. The molecule has 0 aliphatic carbocycles. The molecule has 3 N–H and O–H groups in total. The molecule has 0 fully saturated rings. The lowest BCUT2D eigenvalue weighted by Gasteiger charge is -2.10. The van der Waals surface area contributed by atoms with Gasteiger partial charge in [-0.1, -0.05) is 44.5 Å². The van der Waals surface area contributed by atoms with Crippen LogP contribution in [0.4, 0.5) is 0 Å². The van der Waals surface area contributed by atoms with Crippen molar-refractivity contribution in [3.63, 3.8) is 0 Å². The molecule has 8 heteroatoms. The Labute approximate surface area is 188 Å². The van der Waals surface area contributed by atoms with Crippen LogP contribution in [0.15, 0.2) is 59.6 Å². The van der Waals surface area contributed by atoms with E-state index in [4.69, 9.17) is 0 Å². The second-order valence-electron chi connectivity index (χ2n) is 7.97. The van der Waals surface area contributed by atoms with Crippen molar-refractivity contribution in [2.45, 2.75) is 43.9 Å². The predicted molar refractivity (Wildman–Crippen MR) is 125 cm³/mol. The second kappa shape index (κ2) is 10.6. The van der Waals surface area contributed by atoms with Crippen molar-refractivity contribution < 1.29 is 18.3 Å². The summed E-state index contributed by atoms with van der Waals surface area (Å²) in [5.74, 6) is -0.140. The molecule has 3 rings (SSSR count). The van der Waals surface area contributed by atoms with E-state index in [9.17, 15) is 18.3 Å². The molecule has 1 aromatic heterocycles. The molecule has 0 spiro atoms. The van der Waals surface area contributed by atoms with Crippen LogP contribution < -0.4 is 10.0 Å². The third-order valence-corrected chi connectivity index (χ3v) is 6.76. The molecule has 0 atom stereocenters. The molecule has 1 heterocycles. The maximum absolute atomic E-state index is 12.4. The summed E-state index contributed by atoms with van der Waals surface area (Å²) in [7, 11) is -3.52. The van der Waals surface area contributed by atoms with Gasteiger partial charge in [0.25, 0.3) is 5.91 Å². The van der Waals surface area contributed by atoms with Crippen molar-refractivity contribution >= 4 is 26.8 Å². The summed E-state index contributed by atoms with van der Waals surface area (Å²) in [6.45, 7) is 4.89. The molecule has 0 unspecified atom stereocenters. The minimum Gasteiger partial charge on any atom is -0.505 e. The number of carbonyl (C=O) groups is 1. The van der Waals surface area contributed by atoms with Crippen molar-refractivity contribution in [1.29, 1.82) is 0 Å². The predicted octanol–water partition coefficient (Wildman–Crippen LogP) is 3.94. The largest absolute Gasteiger partial charge is 0.505 e. The number of amides is 1. The zero-order valence-electron chi connectivity index (χ0n) is 18.3. The first-order valence-corrected chi connectivity index (χ1v) is 12.2. The van der Waals surface area contributed by atoms with Crippen LogP contribution in [0.5, 0.6) is 5.75 Å². The van der Waals surface area contributed by atoms with Crippen LogP contribution in [0, 0.1) is 0 Å². The lowest BCUT2D eigenvalue weighted by Crippen LogP contribution is -2.26. The Morgan fingerprint density at radius 1 is 1.00 bits per heavy atom. The monoisotopic (exact) mass is 455 g/mol. The smallest absolute Gasteiger partial charge is 0.255 e. The Balaban J connectivity index is 1.39. The van der Waals surface area contributed by atoms with Crippen LogP contribution in [0.1, 0.15) is 54.9 Å². The van der Waals surface area contributed by atoms with E-state index in [1.807, 2.05) is 18.2 Å². The zero-order chi connectivity index (χ0) is 23.1. The molecule has 0 saturated heterocycles. The Kier molecular flexibility index (Phi) is 7.82. The van der Waals surface area contributed by atoms with E-state index in [-0.39, 0.29) is 22.1 Å². The van der Waals surface area contributed by atoms with Gasteiger partial charge in [-0.15, -0.1) is 0 Å². The lowest BCUT2D eigenvalue weighted by molar-refractivity contribution is 0.0950. The summed E-state index contributed by atoms with van der Waals surface area (Å²) in [6.07, 6.45) is 3.67. The number of aromatic hydroxyl groups is 1. The van der Waals surface area contributed by atoms with Crippen LogP contribution >= 0.6 is 0 Å². The number of hydrogen-bond acceptors (Lipinski definition) is 5. The molecular weight excluding hydrogens is 426 g/mol. The van der Waals surface area contributed by atoms with Gasteiger partial charge in [0.15, 0.2) is 5.75 Å². The standard InChI is InChI=1S/C24H29N3O4S/c1-17(2)18-8-11-20(12-9-18)32(30,31)27-16-5-3-4-14-26-24(29)21-13-10-19-7-6-15-25-22(19)23(21)28/h6-13,15,17,27-28H,3-5,14,16H2,1-2H3,(H,26,29). The molecule has 1 amide bonds. The summed E-state index contributed by atoms with van der Waals surface area (Å²) < 4.78 is 27.4. The number of phenolic OH excluding ortho intramolecular Hbond substituents is 1. The molecule has 0 aliphatic heterocycles. The number of phenols is 1. The van der Waals surface area contributed by atoms with Crippen molar-refractivity contribution in [2.24, 2.45) is 0 Å². The number of nitrogens with zero attached hydrogens (tertiary/aromatic N) is 1. The van der Waals surface area contributed by atoms with Crippen molar-refractivity contribution in [3.05, 3.63) is 65.9 Å². The molecule has 7 nitrogen and oxygen atoms in total. The van der Waals surface area contributed by atoms with Gasteiger partial charge in [-0.25, -0.2) is 13.1 Å². The lowest BCUT2D eigenvalue weighted by atomic mass is 10.0. The van der Waals surface area contributed by atoms with E-state index in [1.165, 1.54) is 0 Å². The topological polar surface area (TPSA) is 108 Å². The van der Waals surface area contributed by atoms with Crippen LogP contribution in [-0.2, 0) is 10.0 Å². The molecule has 0 radical (unpaired) electrons. The average Bonchev–Trinajstić information content (AvgIpc) is 2.78. The summed E-state index contributed by atoms with van der Waals surface area (Å²) in [5, 5.41) is 13.9. The number of pyridine rings is 1. The molecule has 0 saturated carbocycles. The fourth-order valence-electron chi connectivity index (χ4n) is 3.36. The van der Waals surface area contributed by atoms with E-state index in [0.717, 1.165) is 17.4 Å². The maximum Gasteiger partial charge on any atom is 0.255 e. The number of hydrogen-bond donors (Lipinski definition) is 3.